The first-order valence-corrected chi connectivity index (χ1v) is 7.47. The molecule has 1 aromatic carbocycles. The predicted molar refractivity (Wildman–Crippen MR) is 78.4 cm³/mol. The number of nitrogens with zero attached hydrogens (tertiary/aromatic N) is 2. The van der Waals surface area contributed by atoms with Crippen LogP contribution in [0, 0.1) is 0 Å². The maximum atomic E-state index is 13.0. The third-order valence-corrected chi connectivity index (χ3v) is 4.11. The van der Waals surface area contributed by atoms with Gasteiger partial charge < -0.3 is 5.32 Å². The standard InChI is InChI=1S/C15H15ClF3N3/c16-11-1-3-12(4-2-11)22-13(10-5-7-20-8-6-10)9-14(21-22)15(17,18)19/h1-4,9-10,20H,5-8H2. The Morgan fingerprint density at radius 1 is 1.14 bits per heavy atom. The second kappa shape index (κ2) is 5.93. The summed E-state index contributed by atoms with van der Waals surface area (Å²) >= 11 is 5.85. The maximum absolute atomic E-state index is 13.0. The second-order valence-corrected chi connectivity index (χ2v) is 5.80. The zero-order valence-electron chi connectivity index (χ0n) is 11.7. The molecule has 1 aliphatic heterocycles. The zero-order valence-corrected chi connectivity index (χ0v) is 12.5. The summed E-state index contributed by atoms with van der Waals surface area (Å²) < 4.78 is 40.5. The van der Waals surface area contributed by atoms with E-state index in [9.17, 15) is 13.2 Å². The highest BCUT2D eigenvalue weighted by Crippen LogP contribution is 2.34. The summed E-state index contributed by atoms with van der Waals surface area (Å²) in [5.41, 5.74) is 0.348. The average molecular weight is 330 g/mol. The minimum absolute atomic E-state index is 0.0699. The Bertz CT molecular complexity index is 643. The normalized spacial score (nSPS) is 16.9. The third kappa shape index (κ3) is 3.13. The van der Waals surface area contributed by atoms with Crippen molar-refractivity contribution in [3.05, 3.63) is 46.7 Å². The van der Waals surface area contributed by atoms with Crippen molar-refractivity contribution in [3.63, 3.8) is 0 Å². The number of benzene rings is 1. The molecule has 0 saturated carbocycles. The number of hydrogen-bond acceptors (Lipinski definition) is 2. The lowest BCUT2D eigenvalue weighted by Crippen LogP contribution is -2.27. The quantitative estimate of drug-likeness (QED) is 0.902. The van der Waals surface area contributed by atoms with E-state index < -0.39 is 11.9 Å². The van der Waals surface area contributed by atoms with Gasteiger partial charge in [-0.2, -0.15) is 18.3 Å². The van der Waals surface area contributed by atoms with Gasteiger partial charge in [-0.1, -0.05) is 11.6 Å². The van der Waals surface area contributed by atoms with Gasteiger partial charge in [0, 0.05) is 16.6 Å². The number of nitrogens with one attached hydrogen (secondary N) is 1. The molecule has 0 radical (unpaired) electrons. The first kappa shape index (κ1) is 15.4. The van der Waals surface area contributed by atoms with Crippen LogP contribution >= 0.6 is 11.6 Å². The Labute approximate surface area is 131 Å². The van der Waals surface area contributed by atoms with Crippen LogP contribution in [-0.2, 0) is 6.18 Å². The average Bonchev–Trinajstić information content (AvgIpc) is 2.94. The molecule has 1 saturated heterocycles. The van der Waals surface area contributed by atoms with Crippen LogP contribution < -0.4 is 5.32 Å². The molecule has 0 spiro atoms. The first-order chi connectivity index (χ1) is 10.4. The van der Waals surface area contributed by atoms with Crippen molar-refractivity contribution < 1.29 is 13.2 Å². The van der Waals surface area contributed by atoms with Crippen molar-refractivity contribution in [1.82, 2.24) is 15.1 Å². The van der Waals surface area contributed by atoms with E-state index in [4.69, 9.17) is 11.6 Å². The highest BCUT2D eigenvalue weighted by atomic mass is 35.5. The molecule has 0 amide bonds. The molecule has 118 valence electrons. The Morgan fingerprint density at radius 2 is 1.77 bits per heavy atom. The molecule has 0 unspecified atom stereocenters. The van der Waals surface area contributed by atoms with E-state index in [1.54, 1.807) is 24.3 Å². The van der Waals surface area contributed by atoms with E-state index in [0.717, 1.165) is 25.9 Å². The molecule has 1 aliphatic rings. The monoisotopic (exact) mass is 329 g/mol. The van der Waals surface area contributed by atoms with E-state index >= 15 is 0 Å². The molecule has 1 fully saturated rings. The van der Waals surface area contributed by atoms with Crippen LogP contribution in [0.15, 0.2) is 30.3 Å². The number of aromatic nitrogens is 2. The van der Waals surface area contributed by atoms with Crippen molar-refractivity contribution in [2.75, 3.05) is 13.1 Å². The SMILES string of the molecule is FC(F)(F)c1cc(C2CCNCC2)n(-c2ccc(Cl)cc2)n1. The molecule has 2 aromatic rings. The van der Waals surface area contributed by atoms with Gasteiger partial charge in [-0.15, -0.1) is 0 Å². The minimum atomic E-state index is -4.45. The van der Waals surface area contributed by atoms with E-state index in [2.05, 4.69) is 10.4 Å². The van der Waals surface area contributed by atoms with Crippen LogP contribution in [0.2, 0.25) is 5.02 Å². The van der Waals surface area contributed by atoms with Crippen molar-refractivity contribution in [3.8, 4) is 5.69 Å². The molecule has 0 atom stereocenters. The summed E-state index contributed by atoms with van der Waals surface area (Å²) in [6.07, 6.45) is -2.84. The fourth-order valence-corrected chi connectivity index (χ4v) is 2.86. The van der Waals surface area contributed by atoms with Gasteiger partial charge >= 0.3 is 6.18 Å². The van der Waals surface area contributed by atoms with Crippen LogP contribution in [0.4, 0.5) is 13.2 Å². The Kier molecular flexibility index (Phi) is 4.14. The van der Waals surface area contributed by atoms with Crippen LogP contribution in [0.3, 0.4) is 0 Å². The van der Waals surface area contributed by atoms with Gasteiger partial charge in [-0.25, -0.2) is 4.68 Å². The van der Waals surface area contributed by atoms with E-state index in [1.165, 1.54) is 10.7 Å². The Hall–Kier alpha value is -1.53. The molecule has 3 rings (SSSR count). The van der Waals surface area contributed by atoms with Crippen molar-refractivity contribution in [1.29, 1.82) is 0 Å². The summed E-state index contributed by atoms with van der Waals surface area (Å²) in [6, 6.07) is 7.83. The first-order valence-electron chi connectivity index (χ1n) is 7.09. The van der Waals surface area contributed by atoms with Gasteiger partial charge in [0.05, 0.1) is 5.69 Å². The molecule has 1 aromatic heterocycles. The highest BCUT2D eigenvalue weighted by molar-refractivity contribution is 6.30. The highest BCUT2D eigenvalue weighted by Gasteiger charge is 2.36. The molecule has 0 aliphatic carbocycles. The van der Waals surface area contributed by atoms with Crippen LogP contribution in [-0.4, -0.2) is 22.9 Å². The smallest absolute Gasteiger partial charge is 0.317 e. The molecule has 0 bridgehead atoms. The lowest BCUT2D eigenvalue weighted by Gasteiger charge is -2.23. The van der Waals surface area contributed by atoms with Gasteiger partial charge in [0.15, 0.2) is 5.69 Å². The van der Waals surface area contributed by atoms with Gasteiger partial charge in [0.25, 0.3) is 0 Å². The second-order valence-electron chi connectivity index (χ2n) is 5.36. The summed E-state index contributed by atoms with van der Waals surface area (Å²) in [4.78, 5) is 0. The third-order valence-electron chi connectivity index (χ3n) is 3.86. The number of alkyl halides is 3. The van der Waals surface area contributed by atoms with E-state index in [-0.39, 0.29) is 5.92 Å². The molecule has 1 N–H and O–H groups in total. The van der Waals surface area contributed by atoms with Crippen molar-refractivity contribution >= 4 is 11.6 Å². The van der Waals surface area contributed by atoms with Gasteiger partial charge in [-0.05, 0) is 56.3 Å². The molecule has 2 heterocycles. The Balaban J connectivity index is 2.05. The van der Waals surface area contributed by atoms with E-state index in [1.807, 2.05) is 0 Å². The largest absolute Gasteiger partial charge is 0.435 e. The van der Waals surface area contributed by atoms with Crippen LogP contribution in [0.5, 0.6) is 0 Å². The summed E-state index contributed by atoms with van der Waals surface area (Å²) in [5.74, 6) is 0.0699. The van der Waals surface area contributed by atoms with Crippen molar-refractivity contribution in [2.24, 2.45) is 0 Å². The lowest BCUT2D eigenvalue weighted by atomic mass is 9.94. The Morgan fingerprint density at radius 3 is 2.36 bits per heavy atom. The number of halogens is 4. The molecular weight excluding hydrogens is 315 g/mol. The number of rotatable bonds is 2. The number of piperidine rings is 1. The fraction of sp³-hybridized carbons (Fsp3) is 0.400. The van der Waals surface area contributed by atoms with Crippen molar-refractivity contribution in [2.45, 2.75) is 24.9 Å². The fourth-order valence-electron chi connectivity index (χ4n) is 2.73. The molecular formula is C15H15ClF3N3. The summed E-state index contributed by atoms with van der Waals surface area (Å²) in [7, 11) is 0. The van der Waals surface area contributed by atoms with Crippen LogP contribution in [0.1, 0.15) is 30.1 Å². The van der Waals surface area contributed by atoms with Crippen LogP contribution in [0.25, 0.3) is 5.69 Å². The molecule has 22 heavy (non-hydrogen) atoms. The lowest BCUT2D eigenvalue weighted by molar-refractivity contribution is -0.141. The maximum Gasteiger partial charge on any atom is 0.435 e. The molecule has 7 heteroatoms. The topological polar surface area (TPSA) is 29.9 Å². The number of hydrogen-bond donors (Lipinski definition) is 1. The van der Waals surface area contributed by atoms with Gasteiger partial charge in [0.2, 0.25) is 0 Å². The van der Waals surface area contributed by atoms with E-state index in [0.29, 0.717) is 16.4 Å². The van der Waals surface area contributed by atoms with Gasteiger partial charge in [-0.3, -0.25) is 0 Å². The molecule has 3 nitrogen and oxygen atoms in total. The predicted octanol–water partition coefficient (Wildman–Crippen LogP) is 4.01. The summed E-state index contributed by atoms with van der Waals surface area (Å²) in [6.45, 7) is 1.61. The summed E-state index contributed by atoms with van der Waals surface area (Å²) in [5, 5.41) is 7.54. The van der Waals surface area contributed by atoms with Gasteiger partial charge in [0.1, 0.15) is 0 Å². The zero-order chi connectivity index (χ0) is 15.7. The minimum Gasteiger partial charge on any atom is -0.317 e.